The van der Waals surface area contributed by atoms with Gasteiger partial charge in [-0.3, -0.25) is 4.79 Å². The van der Waals surface area contributed by atoms with Crippen LogP contribution in [0.4, 0.5) is 4.39 Å². The van der Waals surface area contributed by atoms with E-state index in [2.05, 4.69) is 9.97 Å². The van der Waals surface area contributed by atoms with E-state index < -0.39 is 5.92 Å². The number of benzene rings is 2. The highest BCUT2D eigenvalue weighted by Crippen LogP contribution is 2.25. The molecule has 0 radical (unpaired) electrons. The highest BCUT2D eigenvalue weighted by atomic mass is 19.1. The van der Waals surface area contributed by atoms with E-state index in [1.165, 1.54) is 12.1 Å². The maximum absolute atomic E-state index is 13.5. The molecule has 2 aromatic carbocycles. The van der Waals surface area contributed by atoms with Crippen molar-refractivity contribution in [3.8, 4) is 6.07 Å². The fourth-order valence-electron chi connectivity index (χ4n) is 2.87. The highest BCUT2D eigenvalue weighted by Gasteiger charge is 2.26. The summed E-state index contributed by atoms with van der Waals surface area (Å²) in [6.45, 7) is 0. The zero-order chi connectivity index (χ0) is 17.4. The van der Waals surface area contributed by atoms with Gasteiger partial charge in [0.15, 0.2) is 17.3 Å². The molecule has 0 fully saturated rings. The standard InChI is InChI=1S/C19H12FN3O2/c20-12-5-6-15-13(8-12)11(10-22-15)7-17(24)14(9-21)19-23-16-3-1-2-4-18(16)25-19/h1-6,8,10,14,22H,7H2/t14-/m0/s1. The molecule has 0 saturated carbocycles. The third-order valence-electron chi connectivity index (χ3n) is 4.10. The number of nitrogens with one attached hydrogen (secondary N) is 1. The lowest BCUT2D eigenvalue weighted by atomic mass is 9.98. The minimum absolute atomic E-state index is 0.0135. The summed E-state index contributed by atoms with van der Waals surface area (Å²) in [5, 5.41) is 10.0. The Kier molecular flexibility index (Phi) is 3.55. The molecule has 0 aliphatic heterocycles. The van der Waals surface area contributed by atoms with Crippen molar-refractivity contribution in [2.24, 2.45) is 0 Å². The van der Waals surface area contributed by atoms with E-state index >= 15 is 0 Å². The lowest BCUT2D eigenvalue weighted by Gasteiger charge is -2.03. The molecule has 0 aliphatic carbocycles. The smallest absolute Gasteiger partial charge is 0.220 e. The van der Waals surface area contributed by atoms with E-state index in [9.17, 15) is 14.4 Å². The number of rotatable bonds is 4. The molecule has 0 spiro atoms. The van der Waals surface area contributed by atoms with Gasteiger partial charge in [-0.05, 0) is 35.9 Å². The Morgan fingerprint density at radius 1 is 1.32 bits per heavy atom. The van der Waals surface area contributed by atoms with Crippen molar-refractivity contribution in [1.82, 2.24) is 9.97 Å². The number of oxazole rings is 1. The molecule has 25 heavy (non-hydrogen) atoms. The first-order valence-corrected chi connectivity index (χ1v) is 7.69. The van der Waals surface area contributed by atoms with Gasteiger partial charge in [-0.25, -0.2) is 9.37 Å². The Hall–Kier alpha value is -3.46. The maximum atomic E-state index is 13.5. The number of nitrogens with zero attached hydrogens (tertiary/aromatic N) is 2. The highest BCUT2D eigenvalue weighted by molar-refractivity contribution is 5.94. The van der Waals surface area contributed by atoms with Crippen LogP contribution in [0.2, 0.25) is 0 Å². The second-order valence-electron chi connectivity index (χ2n) is 5.73. The molecule has 2 heterocycles. The van der Waals surface area contributed by atoms with Gasteiger partial charge in [0, 0.05) is 23.5 Å². The number of ketones is 1. The Labute approximate surface area is 141 Å². The minimum atomic E-state index is -1.11. The van der Waals surface area contributed by atoms with Crippen LogP contribution in [-0.2, 0) is 11.2 Å². The molecule has 0 aliphatic rings. The summed E-state index contributed by atoms with van der Waals surface area (Å²) >= 11 is 0. The molecule has 1 atom stereocenters. The molecule has 0 amide bonds. The summed E-state index contributed by atoms with van der Waals surface area (Å²) in [5.41, 5.74) is 2.50. The fraction of sp³-hybridized carbons (Fsp3) is 0.105. The van der Waals surface area contributed by atoms with Gasteiger partial charge in [0.2, 0.25) is 5.89 Å². The van der Waals surface area contributed by atoms with Gasteiger partial charge in [0.05, 0.1) is 6.07 Å². The summed E-state index contributed by atoms with van der Waals surface area (Å²) in [6, 6.07) is 13.4. The Balaban J connectivity index is 1.66. The number of nitriles is 1. The molecule has 4 aromatic rings. The van der Waals surface area contributed by atoms with Gasteiger partial charge in [0.25, 0.3) is 0 Å². The number of carbonyl (C=O) groups is 1. The number of carbonyl (C=O) groups excluding carboxylic acids is 1. The zero-order valence-corrected chi connectivity index (χ0v) is 13.0. The number of fused-ring (bicyclic) bond motifs is 2. The molecule has 2 aromatic heterocycles. The summed E-state index contributed by atoms with van der Waals surface area (Å²) in [5.74, 6) is -1.75. The van der Waals surface area contributed by atoms with Crippen molar-refractivity contribution >= 4 is 27.8 Å². The number of hydrogen-bond acceptors (Lipinski definition) is 4. The molecule has 0 bridgehead atoms. The molecular formula is C19H12FN3O2. The summed E-state index contributed by atoms with van der Waals surface area (Å²) < 4.78 is 19.0. The van der Waals surface area contributed by atoms with E-state index in [4.69, 9.17) is 4.42 Å². The SMILES string of the molecule is N#C[C@@H](C(=O)Cc1c[nH]c2ccc(F)cc12)c1nc2ccccc2o1. The summed E-state index contributed by atoms with van der Waals surface area (Å²) in [7, 11) is 0. The molecule has 1 N–H and O–H groups in total. The van der Waals surface area contributed by atoms with Crippen LogP contribution in [0.3, 0.4) is 0 Å². The third-order valence-corrected chi connectivity index (χ3v) is 4.10. The van der Waals surface area contributed by atoms with E-state index in [1.54, 1.807) is 36.5 Å². The molecule has 0 unspecified atom stereocenters. The predicted molar refractivity (Wildman–Crippen MR) is 89.3 cm³/mol. The first kappa shape index (κ1) is 15.1. The number of aromatic amines is 1. The first-order chi connectivity index (χ1) is 12.2. The van der Waals surface area contributed by atoms with Crippen molar-refractivity contribution < 1.29 is 13.6 Å². The summed E-state index contributed by atoms with van der Waals surface area (Å²) in [6.07, 6.45) is 1.64. The average molecular weight is 333 g/mol. The lowest BCUT2D eigenvalue weighted by Crippen LogP contribution is -2.13. The average Bonchev–Trinajstić information content (AvgIpc) is 3.19. The molecule has 5 nitrogen and oxygen atoms in total. The van der Waals surface area contributed by atoms with E-state index in [-0.39, 0.29) is 23.9 Å². The van der Waals surface area contributed by atoms with Gasteiger partial charge < -0.3 is 9.40 Å². The number of para-hydroxylation sites is 2. The quantitative estimate of drug-likeness (QED) is 0.614. The predicted octanol–water partition coefficient (Wildman–Crippen LogP) is 3.87. The number of H-pyrrole nitrogens is 1. The van der Waals surface area contributed by atoms with Crippen LogP contribution < -0.4 is 0 Å². The monoisotopic (exact) mass is 333 g/mol. The van der Waals surface area contributed by atoms with Gasteiger partial charge in [-0.1, -0.05) is 12.1 Å². The van der Waals surface area contributed by atoms with Gasteiger partial charge in [-0.15, -0.1) is 0 Å². The fourth-order valence-corrected chi connectivity index (χ4v) is 2.87. The first-order valence-electron chi connectivity index (χ1n) is 7.69. The van der Waals surface area contributed by atoms with Crippen molar-refractivity contribution in [2.75, 3.05) is 0 Å². The Morgan fingerprint density at radius 2 is 2.16 bits per heavy atom. The number of hydrogen-bond donors (Lipinski definition) is 1. The maximum Gasteiger partial charge on any atom is 0.220 e. The van der Waals surface area contributed by atoms with E-state index in [0.29, 0.717) is 22.0 Å². The van der Waals surface area contributed by atoms with Gasteiger partial charge in [-0.2, -0.15) is 5.26 Å². The van der Waals surface area contributed by atoms with Crippen molar-refractivity contribution in [3.63, 3.8) is 0 Å². The molecule has 122 valence electrons. The third kappa shape index (κ3) is 2.66. The van der Waals surface area contributed by atoms with Crippen molar-refractivity contribution in [1.29, 1.82) is 5.26 Å². The van der Waals surface area contributed by atoms with E-state index in [0.717, 1.165) is 5.52 Å². The normalized spacial score (nSPS) is 12.3. The minimum Gasteiger partial charge on any atom is -0.439 e. The van der Waals surface area contributed by atoms with Crippen molar-refractivity contribution in [2.45, 2.75) is 12.3 Å². The molecule has 0 saturated heterocycles. The second-order valence-corrected chi connectivity index (χ2v) is 5.73. The Morgan fingerprint density at radius 3 is 2.96 bits per heavy atom. The number of aromatic nitrogens is 2. The Bertz CT molecular complexity index is 1100. The van der Waals surface area contributed by atoms with Crippen LogP contribution in [0.1, 0.15) is 17.4 Å². The second kappa shape index (κ2) is 5.87. The van der Waals surface area contributed by atoms with Crippen molar-refractivity contribution in [3.05, 3.63) is 65.9 Å². The molecule has 6 heteroatoms. The van der Waals surface area contributed by atoms with Crippen LogP contribution in [0.25, 0.3) is 22.0 Å². The zero-order valence-electron chi connectivity index (χ0n) is 13.0. The number of halogens is 1. The van der Waals surface area contributed by atoms with Crippen LogP contribution in [-0.4, -0.2) is 15.8 Å². The lowest BCUT2D eigenvalue weighted by molar-refractivity contribution is -0.119. The van der Waals surface area contributed by atoms with Crippen LogP contribution >= 0.6 is 0 Å². The van der Waals surface area contributed by atoms with Crippen LogP contribution in [0.15, 0.2) is 53.1 Å². The number of Topliss-reactive ketones (excluding diaryl/α,β-unsaturated/α-hetero) is 1. The molecule has 4 rings (SSSR count). The molecular weight excluding hydrogens is 321 g/mol. The largest absolute Gasteiger partial charge is 0.439 e. The summed E-state index contributed by atoms with van der Waals surface area (Å²) in [4.78, 5) is 19.8. The van der Waals surface area contributed by atoms with E-state index in [1.807, 2.05) is 6.07 Å². The van der Waals surface area contributed by atoms with Gasteiger partial charge in [0.1, 0.15) is 11.3 Å². The van der Waals surface area contributed by atoms with Crippen LogP contribution in [0.5, 0.6) is 0 Å². The van der Waals surface area contributed by atoms with Crippen LogP contribution in [0, 0.1) is 17.1 Å². The van der Waals surface area contributed by atoms with Gasteiger partial charge >= 0.3 is 0 Å². The topological polar surface area (TPSA) is 82.7 Å².